The molecule has 4 N–H and O–H groups in total. The van der Waals surface area contributed by atoms with E-state index in [1.807, 2.05) is 0 Å². The third kappa shape index (κ3) is 3.99. The topological polar surface area (TPSA) is 136 Å². The number of carbonyl (C=O) groups is 1. The Morgan fingerprint density at radius 2 is 2.09 bits per heavy atom. The zero-order valence-electron chi connectivity index (χ0n) is 17.3. The Bertz CT molecular complexity index is 1140. The largest absolute Gasteiger partial charge is 0.388 e. The summed E-state index contributed by atoms with van der Waals surface area (Å²) in [5, 5.41) is 30.0. The van der Waals surface area contributed by atoms with Crippen molar-refractivity contribution in [3.8, 4) is 0 Å². The lowest BCUT2D eigenvalue weighted by molar-refractivity contribution is -0.0923. The van der Waals surface area contributed by atoms with Gasteiger partial charge in [0.15, 0.2) is 5.65 Å². The predicted octanol–water partition coefficient (Wildman–Crippen LogP) is 0.997. The smallest absolute Gasteiger partial charge is 0.272 e. The number of ether oxygens (including phenoxy) is 1. The highest BCUT2D eigenvalue weighted by Gasteiger charge is 2.33. The number of aliphatic hydroxyl groups is 2. The number of halogens is 2. The molecule has 1 amide bonds. The molecule has 1 aliphatic heterocycles. The molecular weight excluding hydrogens is 426 g/mol. The maximum atomic E-state index is 14.2. The number of carbonyl (C=O) groups excluding carboxylic acids is 1. The van der Waals surface area contributed by atoms with Crippen LogP contribution in [0.3, 0.4) is 0 Å². The summed E-state index contributed by atoms with van der Waals surface area (Å²) in [7, 11) is 1.45. The van der Waals surface area contributed by atoms with Crippen molar-refractivity contribution in [2.75, 3.05) is 25.6 Å². The fourth-order valence-electron chi connectivity index (χ4n) is 3.60. The van der Waals surface area contributed by atoms with Crippen LogP contribution in [-0.2, 0) is 4.74 Å². The molecule has 170 valence electrons. The van der Waals surface area contributed by atoms with E-state index >= 15 is 0 Å². The number of benzene rings is 1. The Balaban J connectivity index is 1.65. The van der Waals surface area contributed by atoms with Crippen LogP contribution in [0.25, 0.3) is 11.0 Å². The number of hydrogen-bond donors (Lipinski definition) is 4. The van der Waals surface area contributed by atoms with Gasteiger partial charge in [-0.1, -0.05) is 0 Å². The molecule has 12 heteroatoms. The highest BCUT2D eigenvalue weighted by atomic mass is 19.1. The van der Waals surface area contributed by atoms with Gasteiger partial charge in [0, 0.05) is 12.6 Å². The van der Waals surface area contributed by atoms with Crippen molar-refractivity contribution in [3.63, 3.8) is 0 Å². The van der Waals surface area contributed by atoms with Gasteiger partial charge in [0.1, 0.15) is 41.7 Å². The van der Waals surface area contributed by atoms with E-state index in [0.29, 0.717) is 0 Å². The lowest BCUT2D eigenvalue weighted by atomic mass is 10.0. The number of amides is 1. The molecule has 10 nitrogen and oxygen atoms in total. The molecule has 1 aliphatic rings. The molecule has 3 aromatic rings. The molecule has 0 saturated carbocycles. The maximum absolute atomic E-state index is 14.2. The number of rotatable bonds is 5. The summed E-state index contributed by atoms with van der Waals surface area (Å²) in [5.74, 6) is -1.60. The fourth-order valence-corrected chi connectivity index (χ4v) is 3.60. The molecule has 3 heterocycles. The van der Waals surface area contributed by atoms with Crippen molar-refractivity contribution in [1.29, 1.82) is 0 Å². The van der Waals surface area contributed by atoms with Crippen LogP contribution in [0.15, 0.2) is 24.5 Å². The van der Waals surface area contributed by atoms with Crippen molar-refractivity contribution in [1.82, 2.24) is 25.1 Å². The molecule has 2 aromatic heterocycles. The summed E-state index contributed by atoms with van der Waals surface area (Å²) in [5.41, 5.74) is 0.243. The van der Waals surface area contributed by atoms with E-state index in [-0.39, 0.29) is 41.3 Å². The summed E-state index contributed by atoms with van der Waals surface area (Å²) in [4.78, 5) is 22.7. The first-order valence-corrected chi connectivity index (χ1v) is 9.89. The molecule has 0 bridgehead atoms. The molecule has 4 atom stereocenters. The van der Waals surface area contributed by atoms with Crippen molar-refractivity contribution in [3.05, 3.63) is 47.4 Å². The van der Waals surface area contributed by atoms with Crippen LogP contribution in [0.5, 0.6) is 0 Å². The van der Waals surface area contributed by atoms with Crippen molar-refractivity contribution >= 4 is 22.8 Å². The summed E-state index contributed by atoms with van der Waals surface area (Å²) in [6, 6.07) is 1.58. The molecule has 0 aliphatic carbocycles. The minimum atomic E-state index is -1.11. The first-order valence-electron chi connectivity index (χ1n) is 9.89. The molecule has 32 heavy (non-hydrogen) atoms. The molecule has 0 spiro atoms. The summed E-state index contributed by atoms with van der Waals surface area (Å²) in [6.07, 6.45) is -0.948. The number of nitrogens with zero attached hydrogens (tertiary/aromatic N) is 4. The monoisotopic (exact) mass is 448 g/mol. The normalized spacial score (nSPS) is 22.0. The molecule has 1 aromatic carbocycles. The van der Waals surface area contributed by atoms with Gasteiger partial charge in [-0.05, 0) is 25.1 Å². The van der Waals surface area contributed by atoms with Crippen molar-refractivity contribution in [2.45, 2.75) is 31.2 Å². The van der Waals surface area contributed by atoms with Crippen LogP contribution in [0, 0.1) is 11.6 Å². The van der Waals surface area contributed by atoms with Gasteiger partial charge in [-0.2, -0.15) is 5.10 Å². The Kier molecular flexibility index (Phi) is 6.00. The lowest BCUT2D eigenvalue weighted by Crippen LogP contribution is -2.51. The summed E-state index contributed by atoms with van der Waals surface area (Å²) >= 11 is 0. The third-order valence-electron chi connectivity index (χ3n) is 5.59. The lowest BCUT2D eigenvalue weighted by Gasteiger charge is -2.32. The van der Waals surface area contributed by atoms with E-state index in [4.69, 9.17) is 4.74 Å². The first-order chi connectivity index (χ1) is 15.3. The van der Waals surface area contributed by atoms with E-state index in [1.165, 1.54) is 18.3 Å². The van der Waals surface area contributed by atoms with Gasteiger partial charge < -0.3 is 25.2 Å². The van der Waals surface area contributed by atoms with Gasteiger partial charge in [0.2, 0.25) is 0 Å². The van der Waals surface area contributed by atoms with E-state index < -0.39 is 41.8 Å². The quantitative estimate of drug-likeness (QED) is 0.454. The molecule has 1 fully saturated rings. The van der Waals surface area contributed by atoms with Gasteiger partial charge in [-0.3, -0.25) is 9.89 Å². The van der Waals surface area contributed by atoms with E-state index in [1.54, 1.807) is 6.92 Å². The Morgan fingerprint density at radius 1 is 1.31 bits per heavy atom. The second-order valence-electron chi connectivity index (χ2n) is 7.62. The fraction of sp³-hybridized carbons (Fsp3) is 0.400. The van der Waals surface area contributed by atoms with Crippen LogP contribution >= 0.6 is 0 Å². The Morgan fingerprint density at radius 3 is 2.88 bits per heavy atom. The van der Waals surface area contributed by atoms with Gasteiger partial charge in [-0.15, -0.1) is 0 Å². The van der Waals surface area contributed by atoms with Crippen molar-refractivity contribution in [2.24, 2.45) is 0 Å². The standard InChI is InChI=1S/C20H22F2N6O4/c1-9(11-5-10(21)3-4-12(11)22)28(2)20(31)16-15-18(23-8-24-19(15)27-26-16)25-13-6-32-7-14(29)17(13)30/h3-5,8-9,13-14,17,29-30H,6-7H2,1-2H3,(H2,23,24,25,26,27)/t9-,13-,14-,17+/m1/s1. The van der Waals surface area contributed by atoms with Gasteiger partial charge in [0.25, 0.3) is 5.91 Å². The van der Waals surface area contributed by atoms with Crippen LogP contribution in [0.1, 0.15) is 29.0 Å². The number of hydrogen-bond acceptors (Lipinski definition) is 8. The maximum Gasteiger partial charge on any atom is 0.272 e. The second-order valence-corrected chi connectivity index (χ2v) is 7.62. The number of aromatic amines is 1. The van der Waals surface area contributed by atoms with Crippen LogP contribution in [0.4, 0.5) is 14.6 Å². The number of anilines is 1. The molecule has 0 unspecified atom stereocenters. The molecule has 4 rings (SSSR count). The van der Waals surface area contributed by atoms with Gasteiger partial charge in [-0.25, -0.2) is 18.7 Å². The van der Waals surface area contributed by atoms with Crippen LogP contribution in [0.2, 0.25) is 0 Å². The minimum Gasteiger partial charge on any atom is -0.388 e. The zero-order chi connectivity index (χ0) is 23.0. The number of nitrogens with one attached hydrogen (secondary N) is 2. The Hall–Kier alpha value is -3.22. The summed E-state index contributed by atoms with van der Waals surface area (Å²) in [6.45, 7) is 1.69. The average molecular weight is 448 g/mol. The number of aliphatic hydroxyl groups excluding tert-OH is 2. The van der Waals surface area contributed by atoms with Crippen molar-refractivity contribution < 1.29 is 28.5 Å². The minimum absolute atomic E-state index is 0.00724. The molecule has 0 radical (unpaired) electrons. The third-order valence-corrected chi connectivity index (χ3v) is 5.59. The average Bonchev–Trinajstić information content (AvgIpc) is 3.22. The summed E-state index contributed by atoms with van der Waals surface area (Å²) < 4.78 is 33.1. The Labute approximate surface area is 181 Å². The highest BCUT2D eigenvalue weighted by molar-refractivity contribution is 6.07. The SMILES string of the molecule is C[C@H](c1cc(F)ccc1F)N(C)C(=O)c1[nH]nc2ncnc(N[C@@H]3COC[C@@H](O)[C@H]3O)c12. The number of aromatic nitrogens is 4. The predicted molar refractivity (Wildman–Crippen MR) is 109 cm³/mol. The highest BCUT2D eigenvalue weighted by Crippen LogP contribution is 2.28. The van der Waals surface area contributed by atoms with Gasteiger partial charge in [0.05, 0.1) is 30.7 Å². The van der Waals surface area contributed by atoms with Crippen LogP contribution in [-0.4, -0.2) is 79.7 Å². The zero-order valence-corrected chi connectivity index (χ0v) is 17.3. The van der Waals surface area contributed by atoms with E-state index in [2.05, 4.69) is 25.5 Å². The van der Waals surface area contributed by atoms with Crippen LogP contribution < -0.4 is 5.32 Å². The first kappa shape index (κ1) is 22.0. The second kappa shape index (κ2) is 8.73. The van der Waals surface area contributed by atoms with E-state index in [9.17, 15) is 23.8 Å². The van der Waals surface area contributed by atoms with E-state index in [0.717, 1.165) is 18.2 Å². The number of fused-ring (bicyclic) bond motifs is 1. The van der Waals surface area contributed by atoms with Gasteiger partial charge >= 0.3 is 0 Å². The molecular formula is C20H22F2N6O4. The number of H-pyrrole nitrogens is 1. The molecule has 1 saturated heterocycles.